The molecular formula is C21H20N2O2S2. The normalized spacial score (nSPS) is 13.1. The molecule has 0 aliphatic heterocycles. The van der Waals surface area contributed by atoms with E-state index in [4.69, 9.17) is 4.98 Å². The number of benzene rings is 1. The molecule has 0 fully saturated rings. The number of carbonyl (C=O) groups excluding carboxylic acids is 1. The quantitative estimate of drug-likeness (QED) is 0.268. The molecule has 138 valence electrons. The average molecular weight is 397 g/mol. The largest absolute Gasteiger partial charge is 0.293 e. The van der Waals surface area contributed by atoms with Crippen molar-refractivity contribution in [2.45, 2.75) is 37.9 Å². The minimum Gasteiger partial charge on any atom is -0.293 e. The molecule has 1 aromatic carbocycles. The van der Waals surface area contributed by atoms with E-state index in [1.54, 1.807) is 22.0 Å². The Hall–Kier alpha value is -2.18. The Morgan fingerprint density at radius 3 is 2.85 bits per heavy atom. The van der Waals surface area contributed by atoms with Crippen LogP contribution >= 0.6 is 23.1 Å². The molecule has 0 saturated carbocycles. The molecule has 0 spiro atoms. The highest BCUT2D eigenvalue weighted by molar-refractivity contribution is 7.99. The highest BCUT2D eigenvalue weighted by Crippen LogP contribution is 2.35. The molecule has 0 amide bonds. The second kappa shape index (κ2) is 7.44. The number of carbonyl (C=O) groups is 1. The fourth-order valence-electron chi connectivity index (χ4n) is 3.41. The Labute approximate surface area is 165 Å². The number of Topliss-reactive ketones (excluding diaryl/α,β-unsaturated/α-hetero) is 1. The predicted molar refractivity (Wildman–Crippen MR) is 112 cm³/mol. The number of nitrogens with zero attached hydrogens (tertiary/aromatic N) is 2. The molecule has 0 unspecified atom stereocenters. The van der Waals surface area contributed by atoms with Crippen molar-refractivity contribution >= 4 is 39.1 Å². The smallest absolute Gasteiger partial charge is 0.263 e. The van der Waals surface area contributed by atoms with Crippen molar-refractivity contribution in [3.8, 4) is 0 Å². The van der Waals surface area contributed by atoms with Gasteiger partial charge in [0.25, 0.3) is 5.56 Å². The van der Waals surface area contributed by atoms with Gasteiger partial charge < -0.3 is 0 Å². The van der Waals surface area contributed by atoms with Gasteiger partial charge in [-0.3, -0.25) is 14.2 Å². The lowest BCUT2D eigenvalue weighted by atomic mass is 10.1. The molecule has 0 N–H and O–H groups in total. The van der Waals surface area contributed by atoms with Crippen molar-refractivity contribution in [1.82, 2.24) is 9.55 Å². The van der Waals surface area contributed by atoms with Crippen LogP contribution in [-0.2, 0) is 19.4 Å². The first kappa shape index (κ1) is 18.2. The lowest BCUT2D eigenvalue weighted by molar-refractivity contribution is 0.102. The molecule has 2 aromatic heterocycles. The summed E-state index contributed by atoms with van der Waals surface area (Å²) in [7, 11) is 0. The number of thiophene rings is 1. The number of aryl methyl sites for hydroxylation is 3. The van der Waals surface area contributed by atoms with Gasteiger partial charge in [-0.15, -0.1) is 17.9 Å². The minimum atomic E-state index is -0.00964. The monoisotopic (exact) mass is 396 g/mol. The van der Waals surface area contributed by atoms with Crippen LogP contribution in [0.1, 0.15) is 32.8 Å². The van der Waals surface area contributed by atoms with Gasteiger partial charge in [0, 0.05) is 17.0 Å². The molecular weight excluding hydrogens is 376 g/mol. The SMILES string of the molecule is C=CCn1c(SCC(=O)c2ccc(C)cc2)nc2sc3c(c2c1=O)CCC3. The third-order valence-corrected chi connectivity index (χ3v) is 6.97. The second-order valence-corrected chi connectivity index (χ2v) is 8.74. The van der Waals surface area contributed by atoms with E-state index in [1.807, 2.05) is 31.2 Å². The van der Waals surface area contributed by atoms with Crippen molar-refractivity contribution < 1.29 is 4.79 Å². The van der Waals surface area contributed by atoms with E-state index in [1.165, 1.54) is 22.2 Å². The van der Waals surface area contributed by atoms with Crippen LogP contribution in [0.3, 0.4) is 0 Å². The molecule has 0 bridgehead atoms. The number of hydrogen-bond acceptors (Lipinski definition) is 5. The first-order chi connectivity index (χ1) is 13.1. The van der Waals surface area contributed by atoms with Gasteiger partial charge in [-0.1, -0.05) is 47.7 Å². The van der Waals surface area contributed by atoms with Crippen LogP contribution in [0.5, 0.6) is 0 Å². The maximum Gasteiger partial charge on any atom is 0.263 e. The first-order valence-electron chi connectivity index (χ1n) is 8.97. The Balaban J connectivity index is 1.67. The van der Waals surface area contributed by atoms with Gasteiger partial charge >= 0.3 is 0 Å². The van der Waals surface area contributed by atoms with E-state index in [9.17, 15) is 9.59 Å². The predicted octanol–water partition coefficient (Wildman–Crippen LogP) is 4.42. The zero-order chi connectivity index (χ0) is 19.0. The van der Waals surface area contributed by atoms with Crippen molar-refractivity contribution in [3.05, 3.63) is 68.8 Å². The minimum absolute atomic E-state index is 0.00964. The van der Waals surface area contributed by atoms with Crippen LogP contribution in [0, 0.1) is 6.92 Å². The average Bonchev–Trinajstić information content (AvgIpc) is 3.23. The Morgan fingerprint density at radius 1 is 1.33 bits per heavy atom. The zero-order valence-corrected chi connectivity index (χ0v) is 16.8. The van der Waals surface area contributed by atoms with E-state index in [-0.39, 0.29) is 17.1 Å². The van der Waals surface area contributed by atoms with E-state index in [0.29, 0.717) is 17.3 Å². The third kappa shape index (κ3) is 3.39. The fourth-order valence-corrected chi connectivity index (χ4v) is 5.62. The highest BCUT2D eigenvalue weighted by Gasteiger charge is 2.23. The summed E-state index contributed by atoms with van der Waals surface area (Å²) in [6.45, 7) is 6.16. The lowest BCUT2D eigenvalue weighted by Crippen LogP contribution is -2.23. The van der Waals surface area contributed by atoms with Gasteiger partial charge in [0.15, 0.2) is 10.9 Å². The van der Waals surface area contributed by atoms with E-state index >= 15 is 0 Å². The maximum atomic E-state index is 13.1. The summed E-state index contributed by atoms with van der Waals surface area (Å²) in [4.78, 5) is 32.4. The van der Waals surface area contributed by atoms with Gasteiger partial charge in [-0.2, -0.15) is 0 Å². The molecule has 2 heterocycles. The Bertz CT molecular complexity index is 1090. The molecule has 0 atom stereocenters. The number of rotatable bonds is 6. The van der Waals surface area contributed by atoms with Gasteiger partial charge in [0.05, 0.1) is 11.1 Å². The second-order valence-electron chi connectivity index (χ2n) is 6.71. The first-order valence-corrected chi connectivity index (χ1v) is 10.8. The summed E-state index contributed by atoms with van der Waals surface area (Å²) in [6, 6.07) is 7.55. The number of ketones is 1. The molecule has 6 heteroatoms. The summed E-state index contributed by atoms with van der Waals surface area (Å²) >= 11 is 2.95. The van der Waals surface area contributed by atoms with Gasteiger partial charge in [0.1, 0.15) is 4.83 Å². The molecule has 27 heavy (non-hydrogen) atoms. The molecule has 4 nitrogen and oxygen atoms in total. The summed E-state index contributed by atoms with van der Waals surface area (Å²) < 4.78 is 1.65. The Kier molecular flexibility index (Phi) is 5.02. The van der Waals surface area contributed by atoms with Gasteiger partial charge in [0.2, 0.25) is 0 Å². The number of hydrogen-bond donors (Lipinski definition) is 0. The van der Waals surface area contributed by atoms with Crippen molar-refractivity contribution in [2.24, 2.45) is 0 Å². The number of thioether (sulfide) groups is 1. The molecule has 3 aromatic rings. The number of aromatic nitrogens is 2. The van der Waals surface area contributed by atoms with Crippen LogP contribution in [0.4, 0.5) is 0 Å². The van der Waals surface area contributed by atoms with E-state index < -0.39 is 0 Å². The molecule has 0 saturated heterocycles. The summed E-state index contributed by atoms with van der Waals surface area (Å²) in [5.74, 6) is 0.289. The molecule has 1 aliphatic rings. The number of fused-ring (bicyclic) bond motifs is 3. The van der Waals surface area contributed by atoms with Crippen LogP contribution in [-0.4, -0.2) is 21.1 Å². The van der Waals surface area contributed by atoms with Crippen molar-refractivity contribution in [1.29, 1.82) is 0 Å². The van der Waals surface area contributed by atoms with Crippen LogP contribution in [0.15, 0.2) is 46.9 Å². The number of allylic oxidation sites excluding steroid dienone is 1. The maximum absolute atomic E-state index is 13.1. The van der Waals surface area contributed by atoms with Crippen molar-refractivity contribution in [2.75, 3.05) is 5.75 Å². The van der Waals surface area contributed by atoms with Gasteiger partial charge in [-0.05, 0) is 31.7 Å². The standard InChI is InChI=1S/C21H20N2O2S2/c1-3-11-23-20(25)18-15-5-4-6-17(15)27-19(18)22-21(23)26-12-16(24)14-9-7-13(2)8-10-14/h3,7-10H,1,4-6,11-12H2,2H3. The van der Waals surface area contributed by atoms with Crippen LogP contribution < -0.4 is 5.56 Å². The third-order valence-electron chi connectivity index (χ3n) is 4.81. The van der Waals surface area contributed by atoms with Crippen molar-refractivity contribution in [3.63, 3.8) is 0 Å². The van der Waals surface area contributed by atoms with E-state index in [2.05, 4.69) is 6.58 Å². The van der Waals surface area contributed by atoms with Crippen LogP contribution in [0.25, 0.3) is 10.2 Å². The highest BCUT2D eigenvalue weighted by atomic mass is 32.2. The lowest BCUT2D eigenvalue weighted by Gasteiger charge is -2.10. The molecule has 4 rings (SSSR count). The fraction of sp³-hybridized carbons (Fsp3) is 0.286. The summed E-state index contributed by atoms with van der Waals surface area (Å²) in [6.07, 6.45) is 4.80. The molecule has 0 radical (unpaired) electrons. The molecule has 1 aliphatic carbocycles. The zero-order valence-electron chi connectivity index (χ0n) is 15.2. The topological polar surface area (TPSA) is 52.0 Å². The van der Waals surface area contributed by atoms with E-state index in [0.717, 1.165) is 35.0 Å². The summed E-state index contributed by atoms with van der Waals surface area (Å²) in [5.41, 5.74) is 2.97. The Morgan fingerprint density at radius 2 is 2.11 bits per heavy atom. The summed E-state index contributed by atoms with van der Waals surface area (Å²) in [5, 5.41) is 1.36. The van der Waals surface area contributed by atoms with Gasteiger partial charge in [-0.25, -0.2) is 4.98 Å². The van der Waals surface area contributed by atoms with Crippen LogP contribution in [0.2, 0.25) is 0 Å².